The molecule has 1 aromatic heterocycles. The topological polar surface area (TPSA) is 73.6 Å². The van der Waals surface area contributed by atoms with Crippen molar-refractivity contribution in [1.29, 1.82) is 0 Å². The molecule has 0 bridgehead atoms. The first-order valence-corrected chi connectivity index (χ1v) is 6.72. The highest BCUT2D eigenvalue weighted by atomic mass is 19.1. The summed E-state index contributed by atoms with van der Waals surface area (Å²) in [7, 11) is 0. The van der Waals surface area contributed by atoms with E-state index in [4.69, 9.17) is 5.11 Å². The van der Waals surface area contributed by atoms with Gasteiger partial charge in [-0.15, -0.1) is 0 Å². The number of aryl methyl sites for hydroxylation is 1. The largest absolute Gasteiger partial charge is 0.508 e. The molecule has 0 radical (unpaired) electrons. The minimum Gasteiger partial charge on any atom is -0.508 e. The molecule has 0 saturated carbocycles. The number of nitrogens with zero attached hydrogens (tertiary/aromatic N) is 1. The third-order valence-corrected chi connectivity index (χ3v) is 3.63. The summed E-state index contributed by atoms with van der Waals surface area (Å²) >= 11 is 0. The van der Waals surface area contributed by atoms with Gasteiger partial charge in [-0.05, 0) is 24.6 Å². The Balaban J connectivity index is 2.22. The average molecular weight is 299 g/mol. The number of fused-ring (bicyclic) bond motifs is 1. The summed E-state index contributed by atoms with van der Waals surface area (Å²) < 4.78 is 13.7. The molecule has 0 aliphatic carbocycles. The summed E-state index contributed by atoms with van der Waals surface area (Å²) in [5.74, 6) is -0.498. The summed E-state index contributed by atoms with van der Waals surface area (Å²) in [4.78, 5) is 4.35. The lowest BCUT2D eigenvalue weighted by Gasteiger charge is -2.09. The van der Waals surface area contributed by atoms with Crippen LogP contribution in [0.1, 0.15) is 11.1 Å². The predicted octanol–water partition coefficient (Wildman–Crippen LogP) is 3.25. The third-order valence-electron chi connectivity index (χ3n) is 3.63. The van der Waals surface area contributed by atoms with Crippen LogP contribution in [0, 0.1) is 12.7 Å². The molecule has 4 nitrogen and oxygen atoms in total. The van der Waals surface area contributed by atoms with Crippen LogP contribution in [0.3, 0.4) is 0 Å². The molecule has 0 saturated heterocycles. The Kier molecular flexibility index (Phi) is 3.42. The van der Waals surface area contributed by atoms with Gasteiger partial charge < -0.3 is 15.3 Å². The zero-order valence-electron chi connectivity index (χ0n) is 11.8. The maximum atomic E-state index is 13.7. The first kappa shape index (κ1) is 14.3. The van der Waals surface area contributed by atoms with Crippen molar-refractivity contribution >= 4 is 10.9 Å². The van der Waals surface area contributed by atoms with E-state index in [9.17, 15) is 14.6 Å². The molecule has 0 fully saturated rings. The Bertz CT molecular complexity index is 877. The Morgan fingerprint density at radius 2 is 1.82 bits per heavy atom. The van der Waals surface area contributed by atoms with Crippen LogP contribution in [0.5, 0.6) is 11.5 Å². The van der Waals surface area contributed by atoms with E-state index >= 15 is 0 Å². The summed E-state index contributed by atoms with van der Waals surface area (Å²) in [5.41, 5.74) is 2.13. The molecule has 2 aromatic carbocycles. The minimum absolute atomic E-state index is 0.0457. The van der Waals surface area contributed by atoms with Gasteiger partial charge in [0, 0.05) is 28.6 Å². The molecule has 112 valence electrons. The summed E-state index contributed by atoms with van der Waals surface area (Å²) in [6.45, 7) is 1.32. The van der Waals surface area contributed by atoms with Crippen LogP contribution >= 0.6 is 0 Å². The lowest BCUT2D eigenvalue weighted by atomic mass is 10.0. The molecule has 5 heteroatoms. The van der Waals surface area contributed by atoms with Crippen molar-refractivity contribution in [3.8, 4) is 22.8 Å². The Morgan fingerprint density at radius 1 is 1.05 bits per heavy atom. The monoisotopic (exact) mass is 299 g/mol. The van der Waals surface area contributed by atoms with Gasteiger partial charge in [0.1, 0.15) is 17.3 Å². The molecule has 3 aromatic rings. The van der Waals surface area contributed by atoms with Gasteiger partial charge in [-0.1, -0.05) is 12.1 Å². The third kappa shape index (κ3) is 2.35. The van der Waals surface area contributed by atoms with Gasteiger partial charge in [0.2, 0.25) is 0 Å². The number of aromatic hydroxyl groups is 2. The molecular formula is C17H14FNO3. The molecule has 3 rings (SSSR count). The van der Waals surface area contributed by atoms with E-state index in [2.05, 4.69) is 4.98 Å². The number of hydrogen-bond acceptors (Lipinski definition) is 4. The molecule has 3 N–H and O–H groups in total. The highest BCUT2D eigenvalue weighted by Gasteiger charge is 2.11. The van der Waals surface area contributed by atoms with Crippen LogP contribution in [0.15, 0.2) is 36.4 Å². The van der Waals surface area contributed by atoms with Crippen molar-refractivity contribution in [3.05, 3.63) is 53.3 Å². The first-order chi connectivity index (χ1) is 10.5. The van der Waals surface area contributed by atoms with Gasteiger partial charge in [0.25, 0.3) is 0 Å². The molecular weight excluding hydrogens is 285 g/mol. The molecule has 1 heterocycles. The van der Waals surface area contributed by atoms with Crippen LogP contribution in [0.25, 0.3) is 22.2 Å². The number of aliphatic hydroxyl groups is 1. The van der Waals surface area contributed by atoms with Gasteiger partial charge in [-0.3, -0.25) is 0 Å². The SMILES string of the molecule is Cc1ccc(-c2cc(O)c3cc(CO)c(O)cc3n2)cc1F. The van der Waals surface area contributed by atoms with E-state index in [1.807, 2.05) is 0 Å². The zero-order valence-corrected chi connectivity index (χ0v) is 11.8. The fourth-order valence-electron chi connectivity index (χ4n) is 2.32. The van der Waals surface area contributed by atoms with Crippen LogP contribution in [-0.4, -0.2) is 20.3 Å². The van der Waals surface area contributed by atoms with Crippen LogP contribution < -0.4 is 0 Å². The Labute approximate surface area is 126 Å². The number of halogens is 1. The fourth-order valence-corrected chi connectivity index (χ4v) is 2.32. The summed E-state index contributed by atoms with van der Waals surface area (Å²) in [6.07, 6.45) is 0. The summed E-state index contributed by atoms with van der Waals surface area (Å²) in [6, 6.07) is 8.99. The van der Waals surface area contributed by atoms with Crippen LogP contribution in [-0.2, 0) is 6.61 Å². The molecule has 0 aliphatic rings. The molecule has 0 atom stereocenters. The second-order valence-corrected chi connectivity index (χ2v) is 5.15. The van der Waals surface area contributed by atoms with Crippen molar-refractivity contribution in [3.63, 3.8) is 0 Å². The van der Waals surface area contributed by atoms with E-state index in [1.54, 1.807) is 19.1 Å². The van der Waals surface area contributed by atoms with Crippen molar-refractivity contribution in [1.82, 2.24) is 4.98 Å². The number of phenols is 1. The highest BCUT2D eigenvalue weighted by molar-refractivity contribution is 5.89. The van der Waals surface area contributed by atoms with E-state index in [1.165, 1.54) is 24.3 Å². The number of benzene rings is 2. The van der Waals surface area contributed by atoms with E-state index < -0.39 is 0 Å². The van der Waals surface area contributed by atoms with Gasteiger partial charge in [0.15, 0.2) is 0 Å². The smallest absolute Gasteiger partial charge is 0.127 e. The van der Waals surface area contributed by atoms with E-state index in [-0.39, 0.29) is 23.9 Å². The van der Waals surface area contributed by atoms with Crippen molar-refractivity contribution in [2.24, 2.45) is 0 Å². The van der Waals surface area contributed by atoms with Crippen LogP contribution in [0.2, 0.25) is 0 Å². The Hall–Kier alpha value is -2.66. The second-order valence-electron chi connectivity index (χ2n) is 5.15. The number of hydrogen-bond donors (Lipinski definition) is 3. The normalized spacial score (nSPS) is 11.0. The fraction of sp³-hybridized carbons (Fsp3) is 0.118. The van der Waals surface area contributed by atoms with E-state index in [0.29, 0.717) is 33.3 Å². The molecule has 22 heavy (non-hydrogen) atoms. The van der Waals surface area contributed by atoms with Crippen molar-refractivity contribution in [2.45, 2.75) is 13.5 Å². The van der Waals surface area contributed by atoms with E-state index in [0.717, 1.165) is 0 Å². The molecule has 0 aliphatic heterocycles. The maximum absolute atomic E-state index is 13.7. The second kappa shape index (κ2) is 5.27. The number of aliphatic hydroxyl groups excluding tert-OH is 1. The van der Waals surface area contributed by atoms with Gasteiger partial charge in [-0.25, -0.2) is 9.37 Å². The number of pyridine rings is 1. The van der Waals surface area contributed by atoms with Gasteiger partial charge in [-0.2, -0.15) is 0 Å². The van der Waals surface area contributed by atoms with Crippen LogP contribution in [0.4, 0.5) is 4.39 Å². The first-order valence-electron chi connectivity index (χ1n) is 6.72. The maximum Gasteiger partial charge on any atom is 0.127 e. The minimum atomic E-state index is -0.350. The lowest BCUT2D eigenvalue weighted by molar-refractivity contribution is 0.276. The lowest BCUT2D eigenvalue weighted by Crippen LogP contribution is -1.91. The molecule has 0 unspecified atom stereocenters. The molecule has 0 amide bonds. The zero-order chi connectivity index (χ0) is 15.9. The number of aromatic nitrogens is 1. The highest BCUT2D eigenvalue weighted by Crippen LogP contribution is 2.33. The van der Waals surface area contributed by atoms with Gasteiger partial charge >= 0.3 is 0 Å². The van der Waals surface area contributed by atoms with Crippen molar-refractivity contribution in [2.75, 3.05) is 0 Å². The molecule has 0 spiro atoms. The standard InChI is InChI=1S/C17H14FNO3/c1-9-2-3-10(5-13(9)18)14-6-17(22)12-4-11(8-20)16(21)7-15(12)19-14/h2-7,20-21H,8H2,1H3,(H,19,22). The predicted molar refractivity (Wildman–Crippen MR) is 81.1 cm³/mol. The quantitative estimate of drug-likeness (QED) is 0.679. The summed E-state index contributed by atoms with van der Waals surface area (Å²) in [5, 5.41) is 29.5. The Morgan fingerprint density at radius 3 is 2.50 bits per heavy atom. The average Bonchev–Trinajstić information content (AvgIpc) is 2.49. The van der Waals surface area contributed by atoms with Gasteiger partial charge in [0.05, 0.1) is 17.8 Å². The van der Waals surface area contributed by atoms with Crippen molar-refractivity contribution < 1.29 is 19.7 Å². The number of rotatable bonds is 2.